The lowest BCUT2D eigenvalue weighted by atomic mass is 10.1. The van der Waals surface area contributed by atoms with E-state index >= 15 is 0 Å². The lowest BCUT2D eigenvalue weighted by Gasteiger charge is -2.34. The fourth-order valence-electron chi connectivity index (χ4n) is 4.59. The van der Waals surface area contributed by atoms with Gasteiger partial charge < -0.3 is 29.8 Å². The van der Waals surface area contributed by atoms with Gasteiger partial charge in [-0.2, -0.15) is 5.10 Å². The largest absolute Gasteiger partial charge is 0.382 e. The van der Waals surface area contributed by atoms with E-state index < -0.39 is 18.0 Å². The number of hydrogen-bond acceptors (Lipinski definition) is 8. The molecule has 9 heteroatoms. The zero-order chi connectivity index (χ0) is 29.2. The molecule has 42 heavy (non-hydrogen) atoms. The van der Waals surface area contributed by atoms with Crippen molar-refractivity contribution in [2.45, 2.75) is 44.7 Å². The van der Waals surface area contributed by atoms with Crippen molar-refractivity contribution in [3.05, 3.63) is 132 Å². The number of anilines is 1. The van der Waals surface area contributed by atoms with E-state index in [1.807, 2.05) is 97.9 Å². The molecule has 0 aliphatic carbocycles. The van der Waals surface area contributed by atoms with Crippen LogP contribution in [0.25, 0.3) is 5.52 Å². The minimum absolute atomic E-state index is 0.159. The first-order valence-electron chi connectivity index (χ1n) is 13.9. The minimum atomic E-state index is -1.92. The van der Waals surface area contributed by atoms with E-state index in [4.69, 9.17) is 24.7 Å². The number of ether oxygens (including phenoxy) is 4. The summed E-state index contributed by atoms with van der Waals surface area (Å²) in [5, 5.41) is 16.5. The first kappa shape index (κ1) is 29.4. The van der Waals surface area contributed by atoms with E-state index in [0.29, 0.717) is 24.4 Å². The van der Waals surface area contributed by atoms with Gasteiger partial charge in [-0.05, 0) is 35.7 Å². The van der Waals surface area contributed by atoms with Gasteiger partial charge in [0, 0.05) is 0 Å². The number of rotatable bonds is 15. The Bertz CT molecular complexity index is 1520. The zero-order valence-electron chi connectivity index (χ0n) is 23.6. The third-order valence-corrected chi connectivity index (χ3v) is 6.91. The molecule has 0 aliphatic heterocycles. The van der Waals surface area contributed by atoms with Crippen LogP contribution >= 0.6 is 0 Å². The highest BCUT2D eigenvalue weighted by Crippen LogP contribution is 2.30. The number of hydrogen-bond donors (Lipinski definition) is 2. The molecule has 0 amide bonds. The lowest BCUT2D eigenvalue weighted by molar-refractivity contribution is -0.290. The van der Waals surface area contributed by atoms with Gasteiger partial charge >= 0.3 is 0 Å². The Kier molecular flexibility index (Phi) is 9.91. The van der Waals surface area contributed by atoms with Crippen LogP contribution in [0.15, 0.2) is 109 Å². The van der Waals surface area contributed by atoms with Gasteiger partial charge in [-0.25, -0.2) is 9.50 Å². The van der Waals surface area contributed by atoms with Crippen LogP contribution in [0.3, 0.4) is 0 Å². The molecule has 9 nitrogen and oxygen atoms in total. The average molecular weight is 569 g/mol. The SMILES string of the molecule is C[C@H](OCc1ccccc1)[C@@H](COCc1ccccc1)OC(O)(COCc1ccccc1)c1ccc2c(N)ncnn12. The third kappa shape index (κ3) is 7.58. The van der Waals surface area contributed by atoms with Crippen LogP contribution in [-0.2, 0) is 44.6 Å². The Balaban J connectivity index is 1.39. The number of benzene rings is 3. The summed E-state index contributed by atoms with van der Waals surface area (Å²) in [6, 6.07) is 33.0. The van der Waals surface area contributed by atoms with Crippen molar-refractivity contribution in [3.8, 4) is 0 Å². The molecular weight excluding hydrogens is 532 g/mol. The molecule has 0 aliphatic rings. The molecule has 1 unspecified atom stereocenters. The molecule has 2 aromatic heterocycles. The Morgan fingerprint density at radius 3 is 1.98 bits per heavy atom. The molecule has 0 saturated heterocycles. The minimum Gasteiger partial charge on any atom is -0.382 e. The number of nitrogens with zero attached hydrogens (tertiary/aromatic N) is 3. The molecule has 5 rings (SSSR count). The summed E-state index contributed by atoms with van der Waals surface area (Å²) in [6.45, 7) is 2.92. The quantitative estimate of drug-likeness (QED) is 0.172. The first-order valence-corrected chi connectivity index (χ1v) is 13.9. The molecular formula is C33H36N4O5. The maximum Gasteiger partial charge on any atom is 0.234 e. The van der Waals surface area contributed by atoms with Crippen molar-refractivity contribution in [1.29, 1.82) is 0 Å². The Morgan fingerprint density at radius 1 is 0.786 bits per heavy atom. The van der Waals surface area contributed by atoms with E-state index in [1.54, 1.807) is 12.1 Å². The van der Waals surface area contributed by atoms with Gasteiger partial charge in [-0.15, -0.1) is 0 Å². The van der Waals surface area contributed by atoms with Gasteiger partial charge in [0.25, 0.3) is 0 Å². The fraction of sp³-hybridized carbons (Fsp3) is 0.273. The molecule has 2 heterocycles. The molecule has 0 radical (unpaired) electrons. The van der Waals surface area contributed by atoms with Crippen LogP contribution in [0.4, 0.5) is 5.82 Å². The normalized spacial score (nSPS) is 14.4. The molecule has 0 saturated carbocycles. The zero-order valence-corrected chi connectivity index (χ0v) is 23.6. The maximum atomic E-state index is 12.2. The summed E-state index contributed by atoms with van der Waals surface area (Å²) in [4.78, 5) is 4.07. The highest BCUT2D eigenvalue weighted by Gasteiger charge is 2.39. The Hall–Kier alpha value is -4.12. The number of aromatic nitrogens is 3. The van der Waals surface area contributed by atoms with Gasteiger partial charge in [0.2, 0.25) is 5.79 Å². The van der Waals surface area contributed by atoms with Crippen molar-refractivity contribution in [2.75, 3.05) is 18.9 Å². The van der Waals surface area contributed by atoms with E-state index in [9.17, 15) is 5.11 Å². The summed E-state index contributed by atoms with van der Waals surface area (Å²) in [6.07, 6.45) is 0.211. The van der Waals surface area contributed by atoms with Crippen molar-refractivity contribution < 1.29 is 24.1 Å². The molecule has 3 N–H and O–H groups in total. The van der Waals surface area contributed by atoms with E-state index in [2.05, 4.69) is 10.1 Å². The van der Waals surface area contributed by atoms with Gasteiger partial charge in [0.15, 0.2) is 5.82 Å². The molecule has 0 fully saturated rings. The van der Waals surface area contributed by atoms with Crippen LogP contribution in [0.1, 0.15) is 29.3 Å². The number of nitrogens with two attached hydrogens (primary N) is 1. The smallest absolute Gasteiger partial charge is 0.234 e. The van der Waals surface area contributed by atoms with Crippen molar-refractivity contribution >= 4 is 11.3 Å². The van der Waals surface area contributed by atoms with E-state index in [-0.39, 0.29) is 25.6 Å². The maximum absolute atomic E-state index is 12.2. The first-order chi connectivity index (χ1) is 20.5. The fourth-order valence-corrected chi connectivity index (χ4v) is 4.59. The summed E-state index contributed by atoms with van der Waals surface area (Å²) in [5.41, 5.74) is 10.0. The van der Waals surface area contributed by atoms with Gasteiger partial charge in [-0.1, -0.05) is 91.0 Å². The van der Waals surface area contributed by atoms with Crippen molar-refractivity contribution in [3.63, 3.8) is 0 Å². The molecule has 0 spiro atoms. The van der Waals surface area contributed by atoms with E-state index in [1.165, 1.54) is 10.8 Å². The van der Waals surface area contributed by atoms with Gasteiger partial charge in [-0.3, -0.25) is 0 Å². The lowest BCUT2D eigenvalue weighted by Crippen LogP contribution is -2.45. The highest BCUT2D eigenvalue weighted by atomic mass is 16.7. The van der Waals surface area contributed by atoms with Gasteiger partial charge in [0.1, 0.15) is 30.2 Å². The summed E-state index contributed by atoms with van der Waals surface area (Å²) in [5.74, 6) is -1.64. The van der Waals surface area contributed by atoms with Crippen molar-refractivity contribution in [2.24, 2.45) is 0 Å². The topological polar surface area (TPSA) is 113 Å². The number of nitrogen functional groups attached to an aromatic ring is 1. The number of fused-ring (bicyclic) bond motifs is 1. The number of aliphatic hydroxyl groups is 1. The van der Waals surface area contributed by atoms with Crippen LogP contribution in [-0.4, -0.2) is 45.1 Å². The summed E-state index contributed by atoms with van der Waals surface area (Å²) in [7, 11) is 0. The van der Waals surface area contributed by atoms with E-state index in [0.717, 1.165) is 16.7 Å². The molecule has 218 valence electrons. The average Bonchev–Trinajstić information content (AvgIpc) is 3.48. The van der Waals surface area contributed by atoms with Crippen LogP contribution in [0.5, 0.6) is 0 Å². The molecule has 5 aromatic rings. The second-order valence-electron chi connectivity index (χ2n) is 10.1. The van der Waals surface area contributed by atoms with Crippen LogP contribution < -0.4 is 5.73 Å². The predicted octanol–water partition coefficient (Wildman–Crippen LogP) is 4.88. The third-order valence-electron chi connectivity index (χ3n) is 6.91. The van der Waals surface area contributed by atoms with Gasteiger partial charge in [0.05, 0.1) is 32.5 Å². The molecule has 3 aromatic carbocycles. The van der Waals surface area contributed by atoms with Crippen molar-refractivity contribution in [1.82, 2.24) is 14.6 Å². The second-order valence-corrected chi connectivity index (χ2v) is 10.1. The van der Waals surface area contributed by atoms with Crippen LogP contribution in [0.2, 0.25) is 0 Å². The Labute approximate surface area is 245 Å². The summed E-state index contributed by atoms with van der Waals surface area (Å²) >= 11 is 0. The molecule has 0 bridgehead atoms. The Morgan fingerprint density at radius 2 is 1.36 bits per heavy atom. The monoisotopic (exact) mass is 568 g/mol. The van der Waals surface area contributed by atoms with Crippen LogP contribution in [0, 0.1) is 0 Å². The standard InChI is InChI=1S/C33H36N4O5/c1-25(41-21-28-15-9-4-10-16-28)30(22-39-19-26-11-5-2-6-12-26)42-33(38,23-40-20-27-13-7-3-8-14-27)31-18-17-29-32(34)35-24-36-37(29)31/h2-18,24-25,30,38H,19-23H2,1H3,(H2,34,35,36)/t25-,30+,33?/m0/s1. The highest BCUT2D eigenvalue weighted by molar-refractivity contribution is 5.65. The summed E-state index contributed by atoms with van der Waals surface area (Å²) < 4.78 is 26.4. The predicted molar refractivity (Wildman–Crippen MR) is 159 cm³/mol. The second kappa shape index (κ2) is 14.2. The molecule has 3 atom stereocenters.